The van der Waals surface area contributed by atoms with Crippen LogP contribution in [0.25, 0.3) is 0 Å². The lowest BCUT2D eigenvalue weighted by Gasteiger charge is -2.20. The lowest BCUT2D eigenvalue weighted by molar-refractivity contribution is -0.140. The number of carboxylic acids is 1. The second-order valence-electron chi connectivity index (χ2n) is 4.75. The minimum atomic E-state index is -0.911. The van der Waals surface area contributed by atoms with Gasteiger partial charge in [-0.25, -0.2) is 0 Å². The highest BCUT2D eigenvalue weighted by molar-refractivity contribution is 5.73. The van der Waals surface area contributed by atoms with Crippen molar-refractivity contribution in [3.63, 3.8) is 0 Å². The first kappa shape index (κ1) is 15.5. The molecule has 0 spiro atoms. The molecule has 0 aromatic heterocycles. The molecule has 1 aromatic carbocycles. The normalized spacial score (nSPS) is 14.1. The number of aliphatic carboxylic acids is 1. The van der Waals surface area contributed by atoms with Gasteiger partial charge >= 0.3 is 5.97 Å². The predicted octanol–water partition coefficient (Wildman–Crippen LogP) is 1.13. The molecule has 0 saturated carbocycles. The summed E-state index contributed by atoms with van der Waals surface area (Å²) in [4.78, 5) is 11.0. The van der Waals surface area contributed by atoms with Gasteiger partial charge in [0, 0.05) is 6.54 Å². The molecule has 1 rings (SSSR count). The molecule has 0 amide bonds. The zero-order valence-electron chi connectivity index (χ0n) is 11.2. The van der Waals surface area contributed by atoms with Gasteiger partial charge < -0.3 is 20.3 Å². The Labute approximate surface area is 113 Å². The van der Waals surface area contributed by atoms with Gasteiger partial charge in [0.15, 0.2) is 0 Å². The molecule has 5 nitrogen and oxygen atoms in total. The maximum atomic E-state index is 11.0. The Morgan fingerprint density at radius 3 is 2.47 bits per heavy atom. The average molecular weight is 267 g/mol. The first-order valence-corrected chi connectivity index (χ1v) is 6.32. The first-order chi connectivity index (χ1) is 9.00. The van der Waals surface area contributed by atoms with Crippen molar-refractivity contribution in [2.75, 3.05) is 13.2 Å². The van der Waals surface area contributed by atoms with E-state index in [4.69, 9.17) is 9.84 Å². The lowest BCUT2D eigenvalue weighted by Crippen LogP contribution is -2.45. The number of aliphatic hydroxyl groups is 1. The van der Waals surface area contributed by atoms with Crippen LogP contribution in [0, 0.1) is 5.92 Å². The van der Waals surface area contributed by atoms with E-state index in [0.717, 1.165) is 0 Å². The van der Waals surface area contributed by atoms with Crippen LogP contribution in [0.15, 0.2) is 30.3 Å². The Morgan fingerprint density at radius 1 is 1.32 bits per heavy atom. The second kappa shape index (κ2) is 7.76. The second-order valence-corrected chi connectivity index (χ2v) is 4.75. The zero-order chi connectivity index (χ0) is 14.3. The third kappa shape index (κ3) is 5.72. The molecule has 2 atom stereocenters. The molecule has 0 bridgehead atoms. The van der Waals surface area contributed by atoms with Gasteiger partial charge in [-0.05, 0) is 18.1 Å². The van der Waals surface area contributed by atoms with E-state index in [-0.39, 0.29) is 19.1 Å². The molecule has 19 heavy (non-hydrogen) atoms. The van der Waals surface area contributed by atoms with Crippen LogP contribution in [0.5, 0.6) is 5.75 Å². The fourth-order valence-corrected chi connectivity index (χ4v) is 1.64. The number of nitrogens with one attached hydrogen (secondary N) is 1. The van der Waals surface area contributed by atoms with Crippen LogP contribution in [-0.2, 0) is 4.79 Å². The molecule has 106 valence electrons. The number of hydrogen-bond acceptors (Lipinski definition) is 4. The number of aliphatic hydroxyl groups excluding tert-OH is 1. The van der Waals surface area contributed by atoms with Crippen molar-refractivity contribution >= 4 is 5.97 Å². The topological polar surface area (TPSA) is 78.8 Å². The van der Waals surface area contributed by atoms with E-state index in [1.807, 2.05) is 32.0 Å². The van der Waals surface area contributed by atoms with Crippen molar-refractivity contribution in [3.8, 4) is 5.75 Å². The molecule has 0 saturated heterocycles. The smallest absolute Gasteiger partial charge is 0.320 e. The van der Waals surface area contributed by atoms with E-state index in [1.165, 1.54) is 0 Å². The van der Waals surface area contributed by atoms with Gasteiger partial charge in [-0.3, -0.25) is 4.79 Å². The van der Waals surface area contributed by atoms with Crippen molar-refractivity contribution < 1.29 is 19.7 Å². The van der Waals surface area contributed by atoms with Crippen LogP contribution in [0.2, 0.25) is 0 Å². The third-order valence-corrected chi connectivity index (χ3v) is 2.69. The molecule has 0 heterocycles. The molecular formula is C14H21NO4. The molecule has 0 aliphatic carbocycles. The summed E-state index contributed by atoms with van der Waals surface area (Å²) in [6, 6.07) is 8.51. The van der Waals surface area contributed by atoms with E-state index in [2.05, 4.69) is 5.32 Å². The van der Waals surface area contributed by atoms with Gasteiger partial charge in [0.1, 0.15) is 24.5 Å². The fraction of sp³-hybridized carbons (Fsp3) is 0.500. The zero-order valence-corrected chi connectivity index (χ0v) is 11.2. The summed E-state index contributed by atoms with van der Waals surface area (Å²) in [6.07, 6.45) is -0.749. The summed E-state index contributed by atoms with van der Waals surface area (Å²) in [5, 5.41) is 21.6. The molecule has 5 heteroatoms. The van der Waals surface area contributed by atoms with E-state index in [9.17, 15) is 9.90 Å². The number of rotatable bonds is 8. The van der Waals surface area contributed by atoms with Gasteiger partial charge in [0.05, 0.1) is 0 Å². The summed E-state index contributed by atoms with van der Waals surface area (Å²) in [5.74, 6) is -0.272. The molecule has 0 radical (unpaired) electrons. The molecule has 3 N–H and O–H groups in total. The van der Waals surface area contributed by atoms with Gasteiger partial charge in [-0.2, -0.15) is 0 Å². The number of benzene rings is 1. The first-order valence-electron chi connectivity index (χ1n) is 6.32. The highest BCUT2D eigenvalue weighted by Crippen LogP contribution is 2.08. The monoisotopic (exact) mass is 267 g/mol. The van der Waals surface area contributed by atoms with Gasteiger partial charge in [-0.15, -0.1) is 0 Å². The Kier molecular flexibility index (Phi) is 6.32. The largest absolute Gasteiger partial charge is 0.491 e. The quantitative estimate of drug-likeness (QED) is 0.658. The number of carbonyl (C=O) groups is 1. The lowest BCUT2D eigenvalue weighted by atomic mass is 10.0. The highest BCUT2D eigenvalue weighted by Gasteiger charge is 2.21. The van der Waals surface area contributed by atoms with Crippen LogP contribution in [0.4, 0.5) is 0 Å². The van der Waals surface area contributed by atoms with Crippen molar-refractivity contribution in [2.45, 2.75) is 26.0 Å². The molecule has 0 unspecified atom stereocenters. The molecular weight excluding hydrogens is 246 g/mol. The van der Waals surface area contributed by atoms with Crippen LogP contribution >= 0.6 is 0 Å². The molecule has 0 aliphatic heterocycles. The summed E-state index contributed by atoms with van der Waals surface area (Å²) in [7, 11) is 0. The van der Waals surface area contributed by atoms with E-state index >= 15 is 0 Å². The Bertz CT molecular complexity index is 380. The van der Waals surface area contributed by atoms with Crippen LogP contribution in [-0.4, -0.2) is 41.5 Å². The number of carboxylic acid groups (broad SMARTS) is 1. The van der Waals surface area contributed by atoms with Crippen molar-refractivity contribution in [1.29, 1.82) is 0 Å². The fourth-order valence-electron chi connectivity index (χ4n) is 1.64. The third-order valence-electron chi connectivity index (χ3n) is 2.69. The molecule has 0 aliphatic rings. The van der Waals surface area contributed by atoms with E-state index in [0.29, 0.717) is 5.75 Å². The van der Waals surface area contributed by atoms with Crippen LogP contribution < -0.4 is 10.1 Å². The number of ether oxygens (including phenoxy) is 1. The summed E-state index contributed by atoms with van der Waals surface area (Å²) in [6.45, 7) is 3.95. The highest BCUT2D eigenvalue weighted by atomic mass is 16.5. The Hall–Kier alpha value is -1.59. The molecule has 1 aromatic rings. The molecule has 0 fully saturated rings. The minimum Gasteiger partial charge on any atom is -0.491 e. The summed E-state index contributed by atoms with van der Waals surface area (Å²) < 4.78 is 5.38. The van der Waals surface area contributed by atoms with Crippen molar-refractivity contribution in [3.05, 3.63) is 30.3 Å². The van der Waals surface area contributed by atoms with Gasteiger partial charge in [0.25, 0.3) is 0 Å². The Balaban J connectivity index is 2.31. The minimum absolute atomic E-state index is 0.0419. The Morgan fingerprint density at radius 2 is 1.95 bits per heavy atom. The maximum Gasteiger partial charge on any atom is 0.320 e. The van der Waals surface area contributed by atoms with Crippen molar-refractivity contribution in [2.24, 2.45) is 5.92 Å². The average Bonchev–Trinajstić information content (AvgIpc) is 2.37. The number of para-hydroxylation sites is 1. The van der Waals surface area contributed by atoms with Gasteiger partial charge in [-0.1, -0.05) is 32.0 Å². The number of hydrogen-bond donors (Lipinski definition) is 3. The predicted molar refractivity (Wildman–Crippen MR) is 72.2 cm³/mol. The SMILES string of the molecule is CC(C)[C@@H](NC[C@@H](O)COc1ccccc1)C(=O)O. The van der Waals surface area contributed by atoms with Crippen LogP contribution in [0.1, 0.15) is 13.8 Å². The maximum absolute atomic E-state index is 11.0. The van der Waals surface area contributed by atoms with E-state index in [1.54, 1.807) is 12.1 Å². The standard InChI is InChI=1S/C14H21NO4/c1-10(2)13(14(17)18)15-8-11(16)9-19-12-6-4-3-5-7-12/h3-7,10-11,13,15-16H,8-9H2,1-2H3,(H,17,18)/t11-,13-/m1/s1. The van der Waals surface area contributed by atoms with E-state index < -0.39 is 18.1 Å². The summed E-state index contributed by atoms with van der Waals surface area (Å²) >= 11 is 0. The van der Waals surface area contributed by atoms with Crippen LogP contribution in [0.3, 0.4) is 0 Å². The van der Waals surface area contributed by atoms with Crippen molar-refractivity contribution in [1.82, 2.24) is 5.32 Å². The summed E-state index contributed by atoms with van der Waals surface area (Å²) in [5.41, 5.74) is 0. The van der Waals surface area contributed by atoms with Gasteiger partial charge in [0.2, 0.25) is 0 Å².